The summed E-state index contributed by atoms with van der Waals surface area (Å²) >= 11 is 1.70. The van der Waals surface area contributed by atoms with E-state index in [0.29, 0.717) is 18.0 Å². The van der Waals surface area contributed by atoms with Crippen LogP contribution >= 0.6 is 11.8 Å². The van der Waals surface area contributed by atoms with E-state index in [4.69, 9.17) is 0 Å². The van der Waals surface area contributed by atoms with Crippen LogP contribution in [0.4, 0.5) is 0 Å². The molecule has 82 valence electrons. The number of carbonyl (C=O) groups excluding carboxylic acids is 1. The number of aryl methyl sites for hydroxylation is 2. The highest BCUT2D eigenvalue weighted by Gasteiger charge is 2.05. The second kappa shape index (κ2) is 5.96. The zero-order valence-corrected chi connectivity index (χ0v) is 10.5. The first-order chi connectivity index (χ1) is 7.13. The van der Waals surface area contributed by atoms with Crippen LogP contribution in [0.1, 0.15) is 23.6 Å². The Morgan fingerprint density at radius 1 is 1.33 bits per heavy atom. The maximum absolute atomic E-state index is 11.6. The summed E-state index contributed by atoms with van der Waals surface area (Å²) in [5.74, 6) is 1.98. The SMILES string of the molecule is CCSCC(=O)Cc1cc(C)ccc1C. The van der Waals surface area contributed by atoms with E-state index in [1.165, 1.54) is 16.7 Å². The highest BCUT2D eigenvalue weighted by molar-refractivity contribution is 7.99. The molecular weight excluding hydrogens is 204 g/mol. The molecule has 1 aromatic carbocycles. The van der Waals surface area contributed by atoms with Gasteiger partial charge in [0.15, 0.2) is 0 Å². The number of rotatable bonds is 5. The Morgan fingerprint density at radius 2 is 2.07 bits per heavy atom. The van der Waals surface area contributed by atoms with Gasteiger partial charge in [-0.05, 0) is 30.7 Å². The summed E-state index contributed by atoms with van der Waals surface area (Å²) in [7, 11) is 0. The van der Waals surface area contributed by atoms with Gasteiger partial charge in [-0.2, -0.15) is 11.8 Å². The number of carbonyl (C=O) groups is 1. The van der Waals surface area contributed by atoms with Crippen molar-refractivity contribution in [3.63, 3.8) is 0 Å². The minimum absolute atomic E-state index is 0.329. The Balaban J connectivity index is 2.63. The summed E-state index contributed by atoms with van der Waals surface area (Å²) in [4.78, 5) is 11.6. The van der Waals surface area contributed by atoms with E-state index >= 15 is 0 Å². The van der Waals surface area contributed by atoms with E-state index in [9.17, 15) is 4.79 Å². The van der Waals surface area contributed by atoms with Crippen LogP contribution < -0.4 is 0 Å². The Bertz CT molecular complexity index is 344. The molecular formula is C13H18OS. The average molecular weight is 222 g/mol. The van der Waals surface area contributed by atoms with Crippen LogP contribution in [0.5, 0.6) is 0 Å². The van der Waals surface area contributed by atoms with Gasteiger partial charge in [0.05, 0.1) is 5.75 Å². The van der Waals surface area contributed by atoms with Crippen molar-refractivity contribution in [1.82, 2.24) is 0 Å². The quantitative estimate of drug-likeness (QED) is 0.761. The molecule has 1 aromatic rings. The standard InChI is InChI=1S/C13H18OS/c1-4-15-9-13(14)8-12-7-10(2)5-6-11(12)3/h5-7H,4,8-9H2,1-3H3. The average Bonchev–Trinajstić information content (AvgIpc) is 2.20. The third-order valence-electron chi connectivity index (χ3n) is 2.36. The zero-order chi connectivity index (χ0) is 11.3. The molecule has 0 radical (unpaired) electrons. The molecule has 0 aromatic heterocycles. The van der Waals surface area contributed by atoms with Gasteiger partial charge in [-0.3, -0.25) is 4.79 Å². The van der Waals surface area contributed by atoms with Gasteiger partial charge < -0.3 is 0 Å². The van der Waals surface area contributed by atoms with Gasteiger partial charge in [0.1, 0.15) is 5.78 Å². The number of ketones is 1. The molecule has 0 saturated heterocycles. The molecule has 0 N–H and O–H groups in total. The van der Waals surface area contributed by atoms with Gasteiger partial charge in [0.25, 0.3) is 0 Å². The lowest BCUT2D eigenvalue weighted by Crippen LogP contribution is -2.07. The second-order valence-corrected chi connectivity index (χ2v) is 5.06. The summed E-state index contributed by atoms with van der Waals surface area (Å²) in [6, 6.07) is 6.29. The Kier molecular flexibility index (Phi) is 4.89. The number of hydrogen-bond acceptors (Lipinski definition) is 2. The van der Waals surface area contributed by atoms with Crippen molar-refractivity contribution in [2.45, 2.75) is 27.2 Å². The molecule has 0 spiro atoms. The van der Waals surface area contributed by atoms with Crippen molar-refractivity contribution in [1.29, 1.82) is 0 Å². The van der Waals surface area contributed by atoms with Crippen molar-refractivity contribution >= 4 is 17.5 Å². The minimum atomic E-state index is 0.329. The van der Waals surface area contributed by atoms with Crippen LogP contribution in [-0.2, 0) is 11.2 Å². The van der Waals surface area contributed by atoms with E-state index in [1.807, 2.05) is 0 Å². The van der Waals surface area contributed by atoms with Gasteiger partial charge in [-0.1, -0.05) is 30.7 Å². The third-order valence-corrected chi connectivity index (χ3v) is 3.29. The number of thioether (sulfide) groups is 1. The molecule has 1 rings (SSSR count). The molecule has 0 unspecified atom stereocenters. The number of benzene rings is 1. The molecule has 0 aliphatic carbocycles. The fourth-order valence-corrected chi connectivity index (χ4v) is 2.00. The summed E-state index contributed by atoms with van der Waals surface area (Å²) < 4.78 is 0. The van der Waals surface area contributed by atoms with Gasteiger partial charge in [-0.15, -0.1) is 0 Å². The van der Waals surface area contributed by atoms with Crippen LogP contribution in [0.15, 0.2) is 18.2 Å². The van der Waals surface area contributed by atoms with Gasteiger partial charge in [0.2, 0.25) is 0 Å². The normalized spacial score (nSPS) is 10.3. The molecule has 0 aliphatic heterocycles. The zero-order valence-electron chi connectivity index (χ0n) is 9.67. The number of hydrogen-bond donors (Lipinski definition) is 0. The van der Waals surface area contributed by atoms with Crippen LogP contribution in [0.2, 0.25) is 0 Å². The highest BCUT2D eigenvalue weighted by Crippen LogP contribution is 2.12. The molecule has 2 heteroatoms. The first-order valence-electron chi connectivity index (χ1n) is 5.29. The molecule has 1 nitrogen and oxygen atoms in total. The molecule has 0 heterocycles. The first-order valence-corrected chi connectivity index (χ1v) is 6.44. The van der Waals surface area contributed by atoms with Crippen molar-refractivity contribution in [3.8, 4) is 0 Å². The van der Waals surface area contributed by atoms with Crippen LogP contribution in [0, 0.1) is 13.8 Å². The Labute approximate surface area is 96.3 Å². The van der Waals surface area contributed by atoms with Gasteiger partial charge in [-0.25, -0.2) is 0 Å². The summed E-state index contributed by atoms with van der Waals surface area (Å²) in [5.41, 5.74) is 3.62. The summed E-state index contributed by atoms with van der Waals surface area (Å²) in [6.07, 6.45) is 0.584. The minimum Gasteiger partial charge on any atom is -0.298 e. The first kappa shape index (κ1) is 12.3. The molecule has 0 aliphatic rings. The predicted molar refractivity (Wildman–Crippen MR) is 67.6 cm³/mol. The monoisotopic (exact) mass is 222 g/mol. The van der Waals surface area contributed by atoms with Crippen molar-refractivity contribution in [2.75, 3.05) is 11.5 Å². The van der Waals surface area contributed by atoms with Crippen molar-refractivity contribution in [2.24, 2.45) is 0 Å². The van der Waals surface area contributed by atoms with E-state index in [0.717, 1.165) is 5.75 Å². The van der Waals surface area contributed by atoms with Crippen molar-refractivity contribution < 1.29 is 4.79 Å². The predicted octanol–water partition coefficient (Wildman–Crippen LogP) is 3.17. The molecule has 0 amide bonds. The molecule has 0 saturated carbocycles. The molecule has 0 fully saturated rings. The lowest BCUT2D eigenvalue weighted by molar-refractivity contribution is -0.116. The largest absolute Gasteiger partial charge is 0.298 e. The van der Waals surface area contributed by atoms with Gasteiger partial charge in [0, 0.05) is 6.42 Å². The number of Topliss-reactive ketones (excluding diaryl/α,β-unsaturated/α-hetero) is 1. The van der Waals surface area contributed by atoms with Crippen LogP contribution in [-0.4, -0.2) is 17.3 Å². The third kappa shape index (κ3) is 4.08. The molecule has 15 heavy (non-hydrogen) atoms. The lowest BCUT2D eigenvalue weighted by Gasteiger charge is -2.06. The van der Waals surface area contributed by atoms with Gasteiger partial charge >= 0.3 is 0 Å². The van der Waals surface area contributed by atoms with Crippen LogP contribution in [0.3, 0.4) is 0 Å². The molecule has 0 bridgehead atoms. The fraction of sp³-hybridized carbons (Fsp3) is 0.462. The molecule has 0 atom stereocenters. The maximum Gasteiger partial charge on any atom is 0.147 e. The smallest absolute Gasteiger partial charge is 0.147 e. The second-order valence-electron chi connectivity index (χ2n) is 3.78. The van der Waals surface area contributed by atoms with E-state index < -0.39 is 0 Å². The summed E-state index contributed by atoms with van der Waals surface area (Å²) in [6.45, 7) is 6.21. The highest BCUT2D eigenvalue weighted by atomic mass is 32.2. The van der Waals surface area contributed by atoms with Crippen LogP contribution in [0.25, 0.3) is 0 Å². The fourth-order valence-electron chi connectivity index (χ4n) is 1.47. The van der Waals surface area contributed by atoms with E-state index in [1.54, 1.807) is 11.8 Å². The van der Waals surface area contributed by atoms with E-state index in [2.05, 4.69) is 39.0 Å². The topological polar surface area (TPSA) is 17.1 Å². The Morgan fingerprint density at radius 3 is 2.73 bits per heavy atom. The summed E-state index contributed by atoms with van der Waals surface area (Å²) in [5, 5.41) is 0. The lowest BCUT2D eigenvalue weighted by atomic mass is 10.0. The maximum atomic E-state index is 11.6. The van der Waals surface area contributed by atoms with Crippen molar-refractivity contribution in [3.05, 3.63) is 34.9 Å². The van der Waals surface area contributed by atoms with E-state index in [-0.39, 0.29) is 0 Å². The Hall–Kier alpha value is -0.760.